The molecule has 1 atom stereocenters. The fourth-order valence-electron chi connectivity index (χ4n) is 4.04. The lowest BCUT2D eigenvalue weighted by molar-refractivity contribution is -0.137. The van der Waals surface area contributed by atoms with Crippen LogP contribution in [0.15, 0.2) is 65.1 Å². The van der Waals surface area contributed by atoms with E-state index in [1.165, 1.54) is 12.1 Å². The zero-order chi connectivity index (χ0) is 23.7. The quantitative estimate of drug-likeness (QED) is 0.448. The summed E-state index contributed by atoms with van der Waals surface area (Å²) in [5, 5.41) is 15.2. The Morgan fingerprint density at radius 1 is 1.03 bits per heavy atom. The standard InChI is InChI=1S/C24H20F3N5O2/c25-24(26,27)18-10-8-16(9-11-18)21-30-31-22(34-21)17-7-4-12-32(14-17)23(33)20-13-19(28-29-20)15-5-2-1-3-6-15/h1-3,5-6,8-11,13,17H,4,7,12,14H2,(H,28,29). The molecule has 34 heavy (non-hydrogen) atoms. The number of rotatable bonds is 4. The first kappa shape index (κ1) is 21.9. The number of carbonyl (C=O) groups is 1. The van der Waals surface area contributed by atoms with Crippen LogP contribution in [0, 0.1) is 0 Å². The summed E-state index contributed by atoms with van der Waals surface area (Å²) in [6.45, 7) is 0.988. The molecule has 1 aliphatic rings. The number of hydrogen-bond donors (Lipinski definition) is 1. The highest BCUT2D eigenvalue weighted by Crippen LogP contribution is 2.32. The number of halogens is 3. The predicted octanol–water partition coefficient (Wildman–Crippen LogP) is 5.17. The van der Waals surface area contributed by atoms with Crippen LogP contribution in [0.25, 0.3) is 22.7 Å². The van der Waals surface area contributed by atoms with Crippen molar-refractivity contribution < 1.29 is 22.4 Å². The number of nitrogens with zero attached hydrogens (tertiary/aromatic N) is 4. The van der Waals surface area contributed by atoms with Crippen molar-refractivity contribution in [1.29, 1.82) is 0 Å². The van der Waals surface area contributed by atoms with Gasteiger partial charge >= 0.3 is 6.18 Å². The Balaban J connectivity index is 1.28. The number of H-pyrrole nitrogens is 1. The molecule has 1 N–H and O–H groups in total. The average Bonchev–Trinajstić information content (AvgIpc) is 3.54. The van der Waals surface area contributed by atoms with Gasteiger partial charge in [-0.05, 0) is 43.2 Å². The molecule has 10 heteroatoms. The predicted molar refractivity (Wildman–Crippen MR) is 117 cm³/mol. The molecule has 1 fully saturated rings. The largest absolute Gasteiger partial charge is 0.420 e. The molecule has 2 aromatic carbocycles. The second kappa shape index (κ2) is 8.77. The van der Waals surface area contributed by atoms with E-state index >= 15 is 0 Å². The molecule has 0 radical (unpaired) electrons. The first-order valence-corrected chi connectivity index (χ1v) is 10.8. The van der Waals surface area contributed by atoms with Crippen molar-refractivity contribution >= 4 is 5.91 Å². The third kappa shape index (κ3) is 4.43. The maximum Gasteiger partial charge on any atom is 0.416 e. The van der Waals surface area contributed by atoms with Gasteiger partial charge in [0.1, 0.15) is 5.69 Å². The maximum atomic E-state index is 13.1. The van der Waals surface area contributed by atoms with Gasteiger partial charge in [-0.2, -0.15) is 18.3 Å². The topological polar surface area (TPSA) is 87.9 Å². The summed E-state index contributed by atoms with van der Waals surface area (Å²) in [6.07, 6.45) is -2.89. The van der Waals surface area contributed by atoms with E-state index in [0.29, 0.717) is 35.9 Å². The van der Waals surface area contributed by atoms with E-state index in [4.69, 9.17) is 4.42 Å². The lowest BCUT2D eigenvalue weighted by Gasteiger charge is -2.30. The average molecular weight is 467 g/mol. The van der Waals surface area contributed by atoms with Crippen LogP contribution in [0.5, 0.6) is 0 Å². The van der Waals surface area contributed by atoms with Crippen LogP contribution < -0.4 is 0 Å². The number of amides is 1. The molecule has 174 valence electrons. The Bertz CT molecular complexity index is 1280. The SMILES string of the molecule is O=C(c1cc(-c2ccccc2)n[nH]1)N1CCCC(c2nnc(-c3ccc(C(F)(F)F)cc3)o2)C1. The second-order valence-electron chi connectivity index (χ2n) is 8.14. The number of benzene rings is 2. The Morgan fingerprint density at radius 3 is 2.53 bits per heavy atom. The first-order valence-electron chi connectivity index (χ1n) is 10.8. The molecule has 1 aliphatic heterocycles. The van der Waals surface area contributed by atoms with Crippen LogP contribution in [0.4, 0.5) is 13.2 Å². The van der Waals surface area contributed by atoms with Crippen molar-refractivity contribution in [1.82, 2.24) is 25.3 Å². The molecule has 7 nitrogen and oxygen atoms in total. The number of nitrogens with one attached hydrogen (secondary N) is 1. The van der Waals surface area contributed by atoms with Gasteiger partial charge < -0.3 is 9.32 Å². The maximum absolute atomic E-state index is 13.1. The minimum Gasteiger partial charge on any atom is -0.420 e. The molecule has 1 amide bonds. The van der Waals surface area contributed by atoms with E-state index in [-0.39, 0.29) is 17.7 Å². The third-order valence-corrected chi connectivity index (χ3v) is 5.84. The molecule has 1 unspecified atom stereocenters. The fraction of sp³-hybridized carbons (Fsp3) is 0.250. The van der Waals surface area contributed by atoms with E-state index in [1.807, 2.05) is 30.3 Å². The third-order valence-electron chi connectivity index (χ3n) is 5.84. The number of likely N-dealkylation sites (tertiary alicyclic amines) is 1. The number of alkyl halides is 3. The van der Waals surface area contributed by atoms with Crippen molar-refractivity contribution in [3.63, 3.8) is 0 Å². The van der Waals surface area contributed by atoms with Crippen LogP contribution in [0.3, 0.4) is 0 Å². The smallest absolute Gasteiger partial charge is 0.416 e. The fourth-order valence-corrected chi connectivity index (χ4v) is 4.04. The van der Waals surface area contributed by atoms with Gasteiger partial charge in [-0.25, -0.2) is 0 Å². The van der Waals surface area contributed by atoms with E-state index in [2.05, 4.69) is 20.4 Å². The minimum atomic E-state index is -4.41. The lowest BCUT2D eigenvalue weighted by Crippen LogP contribution is -2.39. The Labute approximate surface area is 192 Å². The second-order valence-corrected chi connectivity index (χ2v) is 8.14. The van der Waals surface area contributed by atoms with E-state index in [1.54, 1.807) is 11.0 Å². The first-order chi connectivity index (χ1) is 16.4. The van der Waals surface area contributed by atoms with Crippen molar-refractivity contribution in [2.24, 2.45) is 0 Å². The molecule has 5 rings (SSSR count). The zero-order valence-electron chi connectivity index (χ0n) is 17.9. The number of aromatic nitrogens is 4. The van der Waals surface area contributed by atoms with E-state index in [9.17, 15) is 18.0 Å². The lowest BCUT2D eigenvalue weighted by atomic mass is 9.97. The summed E-state index contributed by atoms with van der Waals surface area (Å²) in [5.74, 6) is 0.182. The van der Waals surface area contributed by atoms with Gasteiger partial charge in [0.25, 0.3) is 5.91 Å². The number of aromatic amines is 1. The number of hydrogen-bond acceptors (Lipinski definition) is 5. The van der Waals surface area contributed by atoms with Gasteiger partial charge in [-0.15, -0.1) is 10.2 Å². The van der Waals surface area contributed by atoms with Crippen molar-refractivity contribution in [2.75, 3.05) is 13.1 Å². The summed E-state index contributed by atoms with van der Waals surface area (Å²) >= 11 is 0. The van der Waals surface area contributed by atoms with Crippen molar-refractivity contribution in [3.8, 4) is 22.7 Å². The zero-order valence-corrected chi connectivity index (χ0v) is 17.9. The molecule has 2 aromatic heterocycles. The Kier molecular flexibility index (Phi) is 5.64. The summed E-state index contributed by atoms with van der Waals surface area (Å²) in [5.41, 5.74) is 1.66. The Morgan fingerprint density at radius 2 is 1.79 bits per heavy atom. The summed E-state index contributed by atoms with van der Waals surface area (Å²) < 4.78 is 44.1. The minimum absolute atomic E-state index is 0.147. The number of carbonyl (C=O) groups excluding carboxylic acids is 1. The van der Waals surface area contributed by atoms with Gasteiger partial charge in [0.2, 0.25) is 11.8 Å². The molecule has 0 aliphatic carbocycles. The molecule has 1 saturated heterocycles. The highest BCUT2D eigenvalue weighted by atomic mass is 19.4. The van der Waals surface area contributed by atoms with Crippen LogP contribution in [-0.2, 0) is 6.18 Å². The highest BCUT2D eigenvalue weighted by Gasteiger charge is 2.31. The van der Waals surface area contributed by atoms with E-state index < -0.39 is 11.7 Å². The van der Waals surface area contributed by atoms with Gasteiger partial charge in [0.05, 0.1) is 17.2 Å². The van der Waals surface area contributed by atoms with Crippen LogP contribution in [0.2, 0.25) is 0 Å². The van der Waals surface area contributed by atoms with Crippen LogP contribution in [0.1, 0.15) is 40.7 Å². The van der Waals surface area contributed by atoms with Gasteiger partial charge in [-0.1, -0.05) is 30.3 Å². The van der Waals surface area contributed by atoms with Crippen LogP contribution in [-0.4, -0.2) is 44.3 Å². The normalized spacial score (nSPS) is 16.6. The van der Waals surface area contributed by atoms with Gasteiger partial charge in [0.15, 0.2) is 0 Å². The summed E-state index contributed by atoms with van der Waals surface area (Å²) in [7, 11) is 0. The molecule has 3 heterocycles. The summed E-state index contributed by atoms with van der Waals surface area (Å²) in [6, 6.07) is 15.9. The van der Waals surface area contributed by atoms with Crippen molar-refractivity contribution in [2.45, 2.75) is 24.9 Å². The van der Waals surface area contributed by atoms with Gasteiger partial charge in [-0.3, -0.25) is 9.89 Å². The monoisotopic (exact) mass is 467 g/mol. The highest BCUT2D eigenvalue weighted by molar-refractivity contribution is 5.93. The molecule has 0 bridgehead atoms. The number of piperidine rings is 1. The van der Waals surface area contributed by atoms with E-state index in [0.717, 1.165) is 30.5 Å². The molecule has 0 spiro atoms. The van der Waals surface area contributed by atoms with Crippen LogP contribution >= 0.6 is 0 Å². The Hall–Kier alpha value is -3.95. The molecule has 0 saturated carbocycles. The molecule has 4 aromatic rings. The summed E-state index contributed by atoms with van der Waals surface area (Å²) in [4.78, 5) is 14.8. The van der Waals surface area contributed by atoms with Crippen molar-refractivity contribution in [3.05, 3.63) is 77.8 Å². The molecular formula is C24H20F3N5O2. The van der Waals surface area contributed by atoms with Gasteiger partial charge in [0, 0.05) is 24.2 Å². The molecular weight excluding hydrogens is 447 g/mol.